The van der Waals surface area contributed by atoms with Crippen LogP contribution >= 0.6 is 0 Å². The molecule has 1 atom stereocenters. The van der Waals surface area contributed by atoms with E-state index in [2.05, 4.69) is 47.4 Å². The first-order valence-corrected chi connectivity index (χ1v) is 6.64. The number of nitrogens with zero attached hydrogens (tertiary/aromatic N) is 4. The highest BCUT2D eigenvalue weighted by atomic mass is 15.3. The van der Waals surface area contributed by atoms with Gasteiger partial charge in [-0.1, -0.05) is 0 Å². The van der Waals surface area contributed by atoms with Crippen molar-refractivity contribution in [3.8, 4) is 0 Å². The Labute approximate surface area is 114 Å². The van der Waals surface area contributed by atoms with Gasteiger partial charge >= 0.3 is 0 Å². The zero-order valence-electron chi connectivity index (χ0n) is 12.4. The van der Waals surface area contributed by atoms with Crippen LogP contribution in [-0.2, 0) is 13.6 Å². The van der Waals surface area contributed by atoms with Crippen molar-refractivity contribution in [3.63, 3.8) is 0 Å². The lowest BCUT2D eigenvalue weighted by atomic mass is 10.2. The molecule has 2 heterocycles. The number of nitrogens with one attached hydrogen (secondary N) is 1. The molecule has 104 valence electrons. The average molecular weight is 261 g/mol. The monoisotopic (exact) mass is 261 g/mol. The molecule has 1 unspecified atom stereocenters. The molecule has 2 aromatic heterocycles. The first-order chi connectivity index (χ1) is 8.99. The van der Waals surface area contributed by atoms with E-state index in [4.69, 9.17) is 0 Å². The highest BCUT2D eigenvalue weighted by molar-refractivity contribution is 5.78. The molecule has 1 N–H and O–H groups in total. The molecule has 0 radical (unpaired) electrons. The first kappa shape index (κ1) is 14.0. The van der Waals surface area contributed by atoms with Gasteiger partial charge in [0.2, 0.25) is 0 Å². The van der Waals surface area contributed by atoms with Gasteiger partial charge in [0.1, 0.15) is 0 Å². The summed E-state index contributed by atoms with van der Waals surface area (Å²) >= 11 is 0. The van der Waals surface area contributed by atoms with Crippen LogP contribution in [0.4, 0.5) is 0 Å². The Morgan fingerprint density at radius 3 is 2.84 bits per heavy atom. The summed E-state index contributed by atoms with van der Waals surface area (Å²) in [6, 6.07) is 2.70. The van der Waals surface area contributed by atoms with Crippen LogP contribution in [-0.4, -0.2) is 46.3 Å². The van der Waals surface area contributed by atoms with Gasteiger partial charge in [-0.05, 0) is 39.6 Å². The van der Waals surface area contributed by atoms with E-state index in [1.54, 1.807) is 0 Å². The molecule has 0 fully saturated rings. The Hall–Kier alpha value is -1.46. The van der Waals surface area contributed by atoms with Crippen LogP contribution in [0, 0.1) is 6.92 Å². The molecule has 0 saturated heterocycles. The normalized spacial score (nSPS) is 13.4. The van der Waals surface area contributed by atoms with Gasteiger partial charge in [-0.25, -0.2) is 4.98 Å². The Morgan fingerprint density at radius 2 is 2.16 bits per heavy atom. The maximum atomic E-state index is 4.48. The summed E-state index contributed by atoms with van der Waals surface area (Å²) in [7, 11) is 6.12. The number of hydrogen-bond acceptors (Lipinski definition) is 4. The van der Waals surface area contributed by atoms with E-state index in [0.717, 1.165) is 29.8 Å². The second kappa shape index (κ2) is 5.67. The lowest BCUT2D eigenvalue weighted by Gasteiger charge is -2.20. The smallest absolute Gasteiger partial charge is 0.157 e. The molecule has 0 amide bonds. The number of pyridine rings is 1. The summed E-state index contributed by atoms with van der Waals surface area (Å²) < 4.78 is 1.83. The Kier molecular flexibility index (Phi) is 4.17. The molecule has 2 rings (SSSR count). The SMILES string of the molecule is Cc1nn(C)c2ncc(CNCC(C)N(C)C)cc12. The van der Waals surface area contributed by atoms with Crippen LogP contribution in [0.1, 0.15) is 18.2 Å². The van der Waals surface area contributed by atoms with Gasteiger partial charge in [0.05, 0.1) is 5.69 Å². The van der Waals surface area contributed by atoms with Crippen molar-refractivity contribution in [1.82, 2.24) is 25.0 Å². The number of aromatic nitrogens is 3. The third kappa shape index (κ3) is 3.11. The van der Waals surface area contributed by atoms with E-state index >= 15 is 0 Å². The van der Waals surface area contributed by atoms with Crippen molar-refractivity contribution < 1.29 is 0 Å². The second-order valence-electron chi connectivity index (χ2n) is 5.37. The maximum Gasteiger partial charge on any atom is 0.157 e. The maximum absolute atomic E-state index is 4.48. The Bertz CT molecular complexity index is 558. The molecule has 0 aliphatic rings. The highest BCUT2D eigenvalue weighted by Crippen LogP contribution is 2.16. The van der Waals surface area contributed by atoms with Crippen molar-refractivity contribution in [2.75, 3.05) is 20.6 Å². The minimum absolute atomic E-state index is 0.525. The zero-order valence-corrected chi connectivity index (χ0v) is 12.4. The van der Waals surface area contributed by atoms with Crippen molar-refractivity contribution >= 4 is 11.0 Å². The summed E-state index contributed by atoms with van der Waals surface area (Å²) in [4.78, 5) is 6.69. The minimum atomic E-state index is 0.525. The van der Waals surface area contributed by atoms with Gasteiger partial charge < -0.3 is 10.2 Å². The molecule has 19 heavy (non-hydrogen) atoms. The summed E-state index contributed by atoms with van der Waals surface area (Å²) in [5.41, 5.74) is 3.19. The molecule has 0 aliphatic heterocycles. The summed E-state index contributed by atoms with van der Waals surface area (Å²) in [6.07, 6.45) is 1.93. The molecule has 0 spiro atoms. The fourth-order valence-electron chi connectivity index (χ4n) is 2.06. The second-order valence-corrected chi connectivity index (χ2v) is 5.37. The number of aryl methyl sites for hydroxylation is 2. The van der Waals surface area contributed by atoms with E-state index < -0.39 is 0 Å². The Morgan fingerprint density at radius 1 is 1.42 bits per heavy atom. The van der Waals surface area contributed by atoms with E-state index in [-0.39, 0.29) is 0 Å². The van der Waals surface area contributed by atoms with Gasteiger partial charge in [0.15, 0.2) is 5.65 Å². The zero-order chi connectivity index (χ0) is 14.0. The first-order valence-electron chi connectivity index (χ1n) is 6.64. The Balaban J connectivity index is 2.04. The molecule has 5 nitrogen and oxygen atoms in total. The van der Waals surface area contributed by atoms with Crippen molar-refractivity contribution in [3.05, 3.63) is 23.5 Å². The molecule has 2 aromatic rings. The molecule has 5 heteroatoms. The topological polar surface area (TPSA) is 46.0 Å². The van der Waals surface area contributed by atoms with Crippen molar-refractivity contribution in [2.45, 2.75) is 26.4 Å². The van der Waals surface area contributed by atoms with Crippen LogP contribution in [0.3, 0.4) is 0 Å². The summed E-state index contributed by atoms with van der Waals surface area (Å²) in [5, 5.41) is 9.00. The van der Waals surface area contributed by atoms with Gasteiger partial charge in [-0.15, -0.1) is 0 Å². The van der Waals surface area contributed by atoms with Crippen molar-refractivity contribution in [2.24, 2.45) is 7.05 Å². The van der Waals surface area contributed by atoms with Crippen LogP contribution < -0.4 is 5.32 Å². The number of hydrogen-bond donors (Lipinski definition) is 1. The molecule has 0 aliphatic carbocycles. The molecule has 0 saturated carbocycles. The summed E-state index contributed by atoms with van der Waals surface area (Å²) in [6.45, 7) is 6.04. The van der Waals surface area contributed by atoms with E-state index in [9.17, 15) is 0 Å². The van der Waals surface area contributed by atoms with E-state index in [0.29, 0.717) is 6.04 Å². The highest BCUT2D eigenvalue weighted by Gasteiger charge is 2.07. The van der Waals surface area contributed by atoms with E-state index in [1.807, 2.05) is 24.9 Å². The molecular weight excluding hydrogens is 238 g/mol. The van der Waals surface area contributed by atoms with Gasteiger partial charge in [-0.2, -0.15) is 5.10 Å². The third-order valence-electron chi connectivity index (χ3n) is 3.57. The number of fused-ring (bicyclic) bond motifs is 1. The average Bonchev–Trinajstić information content (AvgIpc) is 2.64. The number of likely N-dealkylation sites (N-methyl/N-ethyl adjacent to an activating group) is 1. The predicted molar refractivity (Wildman–Crippen MR) is 78.1 cm³/mol. The molecular formula is C14H23N5. The quantitative estimate of drug-likeness (QED) is 0.881. The van der Waals surface area contributed by atoms with Crippen LogP contribution in [0.5, 0.6) is 0 Å². The van der Waals surface area contributed by atoms with Crippen LogP contribution in [0.15, 0.2) is 12.3 Å². The third-order valence-corrected chi connectivity index (χ3v) is 3.57. The lowest BCUT2D eigenvalue weighted by molar-refractivity contribution is 0.302. The fourth-order valence-corrected chi connectivity index (χ4v) is 2.06. The predicted octanol–water partition coefficient (Wildman–Crippen LogP) is 1.32. The van der Waals surface area contributed by atoms with Gasteiger partial charge in [-0.3, -0.25) is 4.68 Å². The van der Waals surface area contributed by atoms with Gasteiger partial charge in [0, 0.05) is 37.8 Å². The molecule has 0 aromatic carbocycles. The lowest BCUT2D eigenvalue weighted by Crippen LogP contribution is -2.35. The molecule has 0 bridgehead atoms. The standard InChI is InChI=1S/C14H23N5/c1-10(18(3)4)7-15-8-12-6-13-11(2)17-19(5)14(13)16-9-12/h6,9-10,15H,7-8H2,1-5H3. The largest absolute Gasteiger partial charge is 0.311 e. The van der Waals surface area contributed by atoms with E-state index in [1.165, 1.54) is 5.56 Å². The van der Waals surface area contributed by atoms with Crippen molar-refractivity contribution in [1.29, 1.82) is 0 Å². The fraction of sp³-hybridized carbons (Fsp3) is 0.571. The van der Waals surface area contributed by atoms with Crippen LogP contribution in [0.2, 0.25) is 0 Å². The number of rotatable bonds is 5. The summed E-state index contributed by atoms with van der Waals surface area (Å²) in [5.74, 6) is 0. The minimum Gasteiger partial charge on any atom is -0.311 e. The van der Waals surface area contributed by atoms with Crippen LogP contribution in [0.25, 0.3) is 11.0 Å². The van der Waals surface area contributed by atoms with Gasteiger partial charge in [0.25, 0.3) is 0 Å².